The summed E-state index contributed by atoms with van der Waals surface area (Å²) in [6.45, 7) is 4.52. The normalized spacial score (nSPS) is 12.0. The summed E-state index contributed by atoms with van der Waals surface area (Å²) in [5.41, 5.74) is 4.08. The highest BCUT2D eigenvalue weighted by Crippen LogP contribution is 2.24. The third-order valence-corrected chi connectivity index (χ3v) is 6.04. The molecule has 0 saturated carbocycles. The first kappa shape index (κ1) is 21.9. The Bertz CT molecular complexity index is 986. The number of carbonyl (C=O) groups is 1. The van der Waals surface area contributed by atoms with Crippen molar-refractivity contribution in [2.45, 2.75) is 44.6 Å². The van der Waals surface area contributed by atoms with Crippen LogP contribution < -0.4 is 10.4 Å². The Morgan fingerprint density at radius 1 is 1.23 bits per heavy atom. The molecule has 0 amide bonds. The van der Waals surface area contributed by atoms with Crippen LogP contribution in [0.5, 0.6) is 0 Å². The van der Waals surface area contributed by atoms with Crippen LogP contribution in [0.3, 0.4) is 0 Å². The molecule has 158 valence electrons. The van der Waals surface area contributed by atoms with Crippen LogP contribution in [0.1, 0.15) is 41.8 Å². The summed E-state index contributed by atoms with van der Waals surface area (Å²) in [6.07, 6.45) is 2.76. The number of aromatic nitrogens is 2. The topological polar surface area (TPSA) is 90.2 Å². The van der Waals surface area contributed by atoms with Crippen LogP contribution >= 0.6 is 11.8 Å². The van der Waals surface area contributed by atoms with Gasteiger partial charge in [-0.1, -0.05) is 55.1 Å². The van der Waals surface area contributed by atoms with Gasteiger partial charge in [-0.3, -0.25) is 0 Å². The summed E-state index contributed by atoms with van der Waals surface area (Å²) in [5.74, 6) is -0.203. The second kappa shape index (κ2) is 10.3. The van der Waals surface area contributed by atoms with Crippen LogP contribution in [0.2, 0.25) is 0 Å². The molecule has 2 aromatic carbocycles. The Balaban J connectivity index is 1.76. The Hall–Kier alpha value is -2.77. The van der Waals surface area contributed by atoms with E-state index >= 15 is 0 Å². The summed E-state index contributed by atoms with van der Waals surface area (Å²) in [7, 11) is 0. The zero-order valence-electron chi connectivity index (χ0n) is 17.2. The van der Waals surface area contributed by atoms with Crippen molar-refractivity contribution in [1.82, 2.24) is 9.55 Å². The molecule has 2 N–H and O–H groups in total. The maximum absolute atomic E-state index is 11.7. The number of aliphatic hydroxyl groups is 1. The van der Waals surface area contributed by atoms with E-state index in [0.717, 1.165) is 34.2 Å². The minimum atomic E-state index is -1.17. The van der Waals surface area contributed by atoms with E-state index in [1.807, 2.05) is 54.0 Å². The third kappa shape index (κ3) is 5.23. The summed E-state index contributed by atoms with van der Waals surface area (Å²) in [6, 6.07) is 14.1. The largest absolute Gasteiger partial charge is 0.548 e. The average Bonchev–Trinajstić information content (AvgIpc) is 3.13. The number of nitrogens with zero attached hydrogens (tertiary/aromatic N) is 2. The molecule has 0 aliphatic rings. The van der Waals surface area contributed by atoms with E-state index in [9.17, 15) is 15.0 Å². The molecule has 7 heteroatoms. The molecule has 6 nitrogen and oxygen atoms in total. The number of aliphatic carboxylic acids is 1. The molecule has 0 fully saturated rings. The number of thioether (sulfide) groups is 1. The Morgan fingerprint density at radius 3 is 2.60 bits per heavy atom. The number of anilines is 1. The Labute approximate surface area is 181 Å². The molecule has 3 aromatic rings. The summed E-state index contributed by atoms with van der Waals surface area (Å²) in [5, 5.41) is 25.3. The van der Waals surface area contributed by atoms with Crippen molar-refractivity contribution in [3.63, 3.8) is 0 Å². The number of aliphatic hydroxyl groups excluding tert-OH is 1. The van der Waals surface area contributed by atoms with E-state index in [2.05, 4.69) is 17.2 Å². The molecule has 3 rings (SSSR count). The van der Waals surface area contributed by atoms with E-state index in [-0.39, 0.29) is 6.61 Å². The molecule has 0 bridgehead atoms. The molecule has 0 spiro atoms. The van der Waals surface area contributed by atoms with Gasteiger partial charge in [0.1, 0.15) is 0 Å². The fraction of sp³-hybridized carbons (Fsp3) is 0.304. The lowest BCUT2D eigenvalue weighted by Gasteiger charge is -2.23. The molecule has 1 unspecified atom stereocenters. The number of nitrogens with one attached hydrogen (secondary N) is 1. The van der Waals surface area contributed by atoms with Crippen molar-refractivity contribution in [2.75, 3.05) is 11.1 Å². The highest BCUT2D eigenvalue weighted by atomic mass is 32.2. The summed E-state index contributed by atoms with van der Waals surface area (Å²) < 4.78 is 2.01. The lowest BCUT2D eigenvalue weighted by Crippen LogP contribution is -2.34. The molecule has 1 aromatic heterocycles. The van der Waals surface area contributed by atoms with Gasteiger partial charge in [0, 0.05) is 18.0 Å². The molecular weight excluding hydrogens is 398 g/mol. The van der Waals surface area contributed by atoms with E-state index in [1.165, 1.54) is 0 Å². The number of imidazole rings is 1. The van der Waals surface area contributed by atoms with Gasteiger partial charge in [0.2, 0.25) is 0 Å². The Kier molecular flexibility index (Phi) is 7.54. The lowest BCUT2D eigenvalue weighted by molar-refractivity contribution is -0.307. The number of carboxylic acid groups (broad SMARTS) is 1. The number of aryl methyl sites for hydroxylation is 1. The molecule has 1 atom stereocenters. The van der Waals surface area contributed by atoms with Crippen LogP contribution in [0, 0.1) is 6.92 Å². The molecule has 1 heterocycles. The zero-order valence-corrected chi connectivity index (χ0v) is 18.0. The number of rotatable bonds is 10. The van der Waals surface area contributed by atoms with Crippen molar-refractivity contribution >= 4 is 23.4 Å². The number of carbonyl (C=O) groups excluding carboxylic acids is 1. The van der Waals surface area contributed by atoms with Gasteiger partial charge < -0.3 is 24.9 Å². The fourth-order valence-electron chi connectivity index (χ4n) is 3.23. The lowest BCUT2D eigenvalue weighted by atomic mass is 10.0. The highest BCUT2D eigenvalue weighted by molar-refractivity contribution is 7.99. The van der Waals surface area contributed by atoms with Crippen molar-refractivity contribution in [3.8, 4) is 0 Å². The van der Waals surface area contributed by atoms with Gasteiger partial charge in [-0.15, -0.1) is 0 Å². The standard InChI is InChI=1S/C23H27N3O3S/c1-3-12-30-23-24-13-19(15-27)26(23)14-17-8-10-18(11-9-17)25-21(22(28)29)20-7-5-4-6-16(20)2/h4-11,13,21,25,27H,3,12,14-15H2,1-2H3,(H,28,29)/p-1. The van der Waals surface area contributed by atoms with Gasteiger partial charge in [0.05, 0.1) is 30.5 Å². The first-order chi connectivity index (χ1) is 14.5. The van der Waals surface area contributed by atoms with Crippen LogP contribution in [-0.4, -0.2) is 26.4 Å². The van der Waals surface area contributed by atoms with Gasteiger partial charge in [0.25, 0.3) is 0 Å². The van der Waals surface area contributed by atoms with Crippen LogP contribution in [0.4, 0.5) is 5.69 Å². The molecule has 30 heavy (non-hydrogen) atoms. The predicted octanol–water partition coefficient (Wildman–Crippen LogP) is 3.14. The highest BCUT2D eigenvalue weighted by Gasteiger charge is 2.15. The summed E-state index contributed by atoms with van der Waals surface area (Å²) >= 11 is 1.67. The molecule has 0 aliphatic carbocycles. The maximum atomic E-state index is 11.7. The van der Waals surface area contributed by atoms with Crippen LogP contribution in [0.25, 0.3) is 0 Å². The Morgan fingerprint density at radius 2 is 1.97 bits per heavy atom. The first-order valence-corrected chi connectivity index (χ1v) is 10.9. The van der Waals surface area contributed by atoms with Gasteiger partial charge in [-0.05, 0) is 42.2 Å². The molecular formula is C23H26N3O3S-. The fourth-order valence-corrected chi connectivity index (χ4v) is 4.08. The van der Waals surface area contributed by atoms with E-state index in [4.69, 9.17) is 0 Å². The van der Waals surface area contributed by atoms with Crippen molar-refractivity contribution < 1.29 is 15.0 Å². The van der Waals surface area contributed by atoms with Crippen LogP contribution in [-0.2, 0) is 17.9 Å². The smallest absolute Gasteiger partial charge is 0.168 e. The number of carboxylic acids is 1. The van der Waals surface area contributed by atoms with Gasteiger partial charge in [-0.2, -0.15) is 0 Å². The summed E-state index contributed by atoms with van der Waals surface area (Å²) in [4.78, 5) is 16.1. The monoisotopic (exact) mass is 424 g/mol. The van der Waals surface area contributed by atoms with Crippen LogP contribution in [0.15, 0.2) is 59.9 Å². The predicted molar refractivity (Wildman–Crippen MR) is 117 cm³/mol. The number of benzene rings is 2. The maximum Gasteiger partial charge on any atom is 0.168 e. The first-order valence-electron chi connectivity index (χ1n) is 9.93. The average molecular weight is 425 g/mol. The number of hydrogen-bond donors (Lipinski definition) is 2. The van der Waals surface area contributed by atoms with Crippen molar-refractivity contribution in [2.24, 2.45) is 0 Å². The number of hydrogen-bond acceptors (Lipinski definition) is 6. The van der Waals surface area contributed by atoms with Gasteiger partial charge in [0.15, 0.2) is 5.16 Å². The second-order valence-electron chi connectivity index (χ2n) is 7.07. The van der Waals surface area contributed by atoms with E-state index in [1.54, 1.807) is 24.0 Å². The molecule has 0 saturated heterocycles. The minimum absolute atomic E-state index is 0.0664. The van der Waals surface area contributed by atoms with Gasteiger partial charge >= 0.3 is 0 Å². The quantitative estimate of drug-likeness (QED) is 0.486. The molecule has 0 aliphatic heterocycles. The third-order valence-electron chi connectivity index (χ3n) is 4.84. The van der Waals surface area contributed by atoms with Crippen molar-refractivity contribution in [1.29, 1.82) is 0 Å². The minimum Gasteiger partial charge on any atom is -0.548 e. The molecule has 0 radical (unpaired) electrons. The van der Waals surface area contributed by atoms with Gasteiger partial charge in [-0.25, -0.2) is 4.98 Å². The van der Waals surface area contributed by atoms with E-state index in [0.29, 0.717) is 17.8 Å². The second-order valence-corrected chi connectivity index (χ2v) is 8.14. The zero-order chi connectivity index (χ0) is 21.5. The van der Waals surface area contributed by atoms with E-state index < -0.39 is 12.0 Å². The van der Waals surface area contributed by atoms with Crippen molar-refractivity contribution in [3.05, 3.63) is 77.1 Å². The SMILES string of the molecule is CCCSc1ncc(CO)n1Cc1ccc(NC(C(=O)[O-])c2ccccc2C)cc1.